The van der Waals surface area contributed by atoms with Crippen molar-refractivity contribution in [2.24, 2.45) is 11.7 Å². The number of rotatable bonds is 2. The van der Waals surface area contributed by atoms with Gasteiger partial charge < -0.3 is 10.5 Å². The smallest absolute Gasteiger partial charge is 0.231 e. The Balaban J connectivity index is 2.35. The Hall–Kier alpha value is -0.610. The highest BCUT2D eigenvalue weighted by molar-refractivity contribution is 5.75. The molecule has 0 saturated carbocycles. The fourth-order valence-corrected chi connectivity index (χ4v) is 1.43. The van der Waals surface area contributed by atoms with E-state index in [-0.39, 0.29) is 5.91 Å². The van der Waals surface area contributed by atoms with Gasteiger partial charge in [-0.1, -0.05) is 6.92 Å². The Bertz CT molecular complexity index is 161. The third-order valence-corrected chi connectivity index (χ3v) is 1.90. The summed E-state index contributed by atoms with van der Waals surface area (Å²) in [6, 6.07) is 0. The van der Waals surface area contributed by atoms with E-state index in [9.17, 15) is 4.79 Å². The molecule has 70 valence electrons. The summed E-state index contributed by atoms with van der Waals surface area (Å²) in [6.45, 7) is 5.68. The predicted octanol–water partition coefficient (Wildman–Crippen LogP) is -0.560. The van der Waals surface area contributed by atoms with Crippen molar-refractivity contribution in [1.29, 1.82) is 0 Å². The number of hydrogen-bond acceptors (Lipinski definition) is 3. The van der Waals surface area contributed by atoms with Crippen molar-refractivity contribution in [3.05, 3.63) is 0 Å². The van der Waals surface area contributed by atoms with Crippen LogP contribution in [0.4, 0.5) is 0 Å². The summed E-state index contributed by atoms with van der Waals surface area (Å²) in [5.74, 6) is 0.232. The summed E-state index contributed by atoms with van der Waals surface area (Å²) in [6.07, 6.45) is 0. The largest absolute Gasteiger partial charge is 0.380 e. The summed E-state index contributed by atoms with van der Waals surface area (Å²) in [5.41, 5.74) is 5.10. The minimum atomic E-state index is -0.260. The van der Waals surface area contributed by atoms with Gasteiger partial charge in [0.1, 0.15) is 0 Å². The Morgan fingerprint density at radius 1 is 1.75 bits per heavy atom. The van der Waals surface area contributed by atoms with Crippen LogP contribution in [0.25, 0.3) is 0 Å². The van der Waals surface area contributed by atoms with Gasteiger partial charge in [0, 0.05) is 13.1 Å². The van der Waals surface area contributed by atoms with E-state index >= 15 is 0 Å². The van der Waals surface area contributed by atoms with Crippen molar-refractivity contribution in [1.82, 2.24) is 4.90 Å². The Morgan fingerprint density at radius 2 is 2.50 bits per heavy atom. The molecule has 1 fully saturated rings. The van der Waals surface area contributed by atoms with Gasteiger partial charge in [-0.2, -0.15) is 0 Å². The number of amides is 1. The maximum atomic E-state index is 10.6. The molecule has 1 aliphatic rings. The van der Waals surface area contributed by atoms with E-state index < -0.39 is 0 Å². The molecule has 1 amide bonds. The normalized spacial score (nSPS) is 26.6. The second-order valence-electron chi connectivity index (χ2n) is 3.38. The average Bonchev–Trinajstić information content (AvgIpc) is 2.12. The van der Waals surface area contributed by atoms with Crippen LogP contribution >= 0.6 is 0 Å². The Labute approximate surface area is 72.7 Å². The fourth-order valence-electron chi connectivity index (χ4n) is 1.43. The molecule has 4 heteroatoms. The number of carbonyl (C=O) groups is 1. The van der Waals surface area contributed by atoms with Crippen LogP contribution in [0.3, 0.4) is 0 Å². The maximum absolute atomic E-state index is 10.6. The molecule has 0 bridgehead atoms. The van der Waals surface area contributed by atoms with Crippen LogP contribution in [0.2, 0.25) is 0 Å². The first kappa shape index (κ1) is 9.48. The van der Waals surface area contributed by atoms with E-state index in [2.05, 4.69) is 6.92 Å². The summed E-state index contributed by atoms with van der Waals surface area (Å²) < 4.78 is 5.32. The lowest BCUT2D eigenvalue weighted by molar-refractivity contribution is -0.119. The van der Waals surface area contributed by atoms with Gasteiger partial charge in [0.15, 0.2) is 0 Å². The second-order valence-corrected chi connectivity index (χ2v) is 3.38. The van der Waals surface area contributed by atoms with Crippen molar-refractivity contribution in [2.45, 2.75) is 6.92 Å². The molecular weight excluding hydrogens is 156 g/mol. The number of primary amides is 1. The zero-order valence-electron chi connectivity index (χ0n) is 7.45. The van der Waals surface area contributed by atoms with E-state index in [0.29, 0.717) is 19.1 Å². The van der Waals surface area contributed by atoms with Gasteiger partial charge >= 0.3 is 0 Å². The van der Waals surface area contributed by atoms with Gasteiger partial charge in [-0.15, -0.1) is 0 Å². The molecule has 1 aliphatic heterocycles. The van der Waals surface area contributed by atoms with Gasteiger partial charge in [0.2, 0.25) is 5.91 Å². The molecule has 12 heavy (non-hydrogen) atoms. The van der Waals surface area contributed by atoms with E-state index in [1.165, 1.54) is 0 Å². The monoisotopic (exact) mass is 172 g/mol. The van der Waals surface area contributed by atoms with Crippen molar-refractivity contribution >= 4 is 5.91 Å². The summed E-state index contributed by atoms with van der Waals surface area (Å²) >= 11 is 0. The maximum Gasteiger partial charge on any atom is 0.231 e. The number of hydrogen-bond donors (Lipinski definition) is 1. The van der Waals surface area contributed by atoms with Crippen LogP contribution in [0.15, 0.2) is 0 Å². The van der Waals surface area contributed by atoms with E-state index in [1.54, 1.807) is 0 Å². The quantitative estimate of drug-likeness (QED) is 0.607. The zero-order chi connectivity index (χ0) is 8.97. The van der Waals surface area contributed by atoms with Crippen molar-refractivity contribution < 1.29 is 9.53 Å². The third kappa shape index (κ3) is 3.19. The van der Waals surface area contributed by atoms with Gasteiger partial charge in [-0.25, -0.2) is 0 Å². The lowest BCUT2D eigenvalue weighted by atomic mass is 10.2. The van der Waals surface area contributed by atoms with E-state index in [0.717, 1.165) is 19.7 Å². The minimum Gasteiger partial charge on any atom is -0.380 e. The molecule has 0 aromatic carbocycles. The van der Waals surface area contributed by atoms with Gasteiger partial charge in [0.25, 0.3) is 0 Å². The van der Waals surface area contributed by atoms with Crippen LogP contribution in [-0.2, 0) is 9.53 Å². The van der Waals surface area contributed by atoms with Crippen LogP contribution in [0.1, 0.15) is 6.92 Å². The van der Waals surface area contributed by atoms with Crippen LogP contribution in [0.5, 0.6) is 0 Å². The van der Waals surface area contributed by atoms with E-state index in [1.807, 2.05) is 4.90 Å². The first-order valence-electron chi connectivity index (χ1n) is 4.27. The first-order valence-corrected chi connectivity index (χ1v) is 4.27. The standard InChI is InChI=1S/C8H16N2O2/c1-7-4-10(5-8(9)11)2-3-12-6-7/h7H,2-6H2,1H3,(H2,9,11). The summed E-state index contributed by atoms with van der Waals surface area (Å²) in [7, 11) is 0. The van der Waals surface area contributed by atoms with Crippen molar-refractivity contribution in [3.8, 4) is 0 Å². The molecule has 1 atom stereocenters. The molecule has 1 saturated heterocycles. The molecule has 1 heterocycles. The lowest BCUT2D eigenvalue weighted by Gasteiger charge is -2.18. The Kier molecular flexibility index (Phi) is 3.49. The van der Waals surface area contributed by atoms with Crippen molar-refractivity contribution in [3.63, 3.8) is 0 Å². The summed E-state index contributed by atoms with van der Waals surface area (Å²) in [4.78, 5) is 12.7. The van der Waals surface area contributed by atoms with Gasteiger partial charge in [0.05, 0.1) is 19.8 Å². The highest BCUT2D eigenvalue weighted by atomic mass is 16.5. The molecule has 0 aromatic heterocycles. The Morgan fingerprint density at radius 3 is 3.17 bits per heavy atom. The molecule has 2 N–H and O–H groups in total. The molecule has 0 radical (unpaired) electrons. The number of nitrogens with zero attached hydrogens (tertiary/aromatic N) is 1. The number of carbonyl (C=O) groups excluding carboxylic acids is 1. The SMILES string of the molecule is CC1COCCN(CC(N)=O)C1. The highest BCUT2D eigenvalue weighted by Crippen LogP contribution is 2.04. The fraction of sp³-hybridized carbons (Fsp3) is 0.875. The topological polar surface area (TPSA) is 55.6 Å². The lowest BCUT2D eigenvalue weighted by Crippen LogP contribution is -2.36. The van der Waals surface area contributed by atoms with E-state index in [4.69, 9.17) is 10.5 Å². The predicted molar refractivity (Wildman–Crippen MR) is 45.6 cm³/mol. The average molecular weight is 172 g/mol. The van der Waals surface area contributed by atoms with Crippen LogP contribution in [0, 0.1) is 5.92 Å². The molecule has 1 unspecified atom stereocenters. The minimum absolute atomic E-state index is 0.260. The van der Waals surface area contributed by atoms with Gasteiger partial charge in [-0.05, 0) is 5.92 Å². The summed E-state index contributed by atoms with van der Waals surface area (Å²) in [5, 5.41) is 0. The molecule has 0 aliphatic carbocycles. The molecule has 1 rings (SSSR count). The van der Waals surface area contributed by atoms with Gasteiger partial charge in [-0.3, -0.25) is 9.69 Å². The number of nitrogens with two attached hydrogens (primary N) is 1. The van der Waals surface area contributed by atoms with Crippen LogP contribution in [-0.4, -0.2) is 43.7 Å². The van der Waals surface area contributed by atoms with Crippen LogP contribution < -0.4 is 5.73 Å². The molecule has 0 spiro atoms. The molecular formula is C8H16N2O2. The third-order valence-electron chi connectivity index (χ3n) is 1.90. The highest BCUT2D eigenvalue weighted by Gasteiger charge is 2.15. The molecule has 0 aromatic rings. The van der Waals surface area contributed by atoms with Crippen molar-refractivity contribution in [2.75, 3.05) is 32.8 Å². The molecule has 4 nitrogen and oxygen atoms in total. The number of ether oxygens (including phenoxy) is 1. The first-order chi connectivity index (χ1) is 5.68. The second kappa shape index (κ2) is 4.42. The zero-order valence-corrected chi connectivity index (χ0v) is 7.45.